The molecule has 0 aliphatic carbocycles. The van der Waals surface area contributed by atoms with Gasteiger partial charge in [-0.15, -0.1) is 0 Å². The van der Waals surface area contributed by atoms with E-state index in [9.17, 15) is 0 Å². The molecule has 1 aliphatic rings. The number of likely N-dealkylation sites (tertiary alicyclic amines) is 1. The first-order valence-electron chi connectivity index (χ1n) is 6.69. The largest absolute Gasteiger partial charge is 0.383 e. The van der Waals surface area contributed by atoms with Crippen LogP contribution in [0.3, 0.4) is 0 Å². The van der Waals surface area contributed by atoms with Crippen molar-refractivity contribution in [1.29, 1.82) is 0 Å². The molecular weight excluding hydrogens is 228 g/mol. The normalized spacial score (nSPS) is 26.2. The van der Waals surface area contributed by atoms with Gasteiger partial charge in [0.15, 0.2) is 0 Å². The predicted octanol–water partition coefficient (Wildman–Crippen LogP) is 0.921. The van der Waals surface area contributed by atoms with Crippen molar-refractivity contribution in [1.82, 2.24) is 14.7 Å². The van der Waals surface area contributed by atoms with Gasteiger partial charge in [0.05, 0.1) is 18.8 Å². The number of aromatic nitrogens is 2. The van der Waals surface area contributed by atoms with Crippen molar-refractivity contribution in [3.8, 4) is 0 Å². The molecule has 2 rings (SSSR count). The summed E-state index contributed by atoms with van der Waals surface area (Å²) in [7, 11) is 3.70. The molecular formula is C13H24N4O. The van der Waals surface area contributed by atoms with Crippen LogP contribution in [0.1, 0.15) is 30.9 Å². The number of rotatable bonds is 4. The molecule has 1 aromatic rings. The maximum absolute atomic E-state index is 6.36. The number of nitrogens with zero attached hydrogens (tertiary/aromatic N) is 3. The fourth-order valence-electron chi connectivity index (χ4n) is 2.77. The highest BCUT2D eigenvalue weighted by Crippen LogP contribution is 2.28. The van der Waals surface area contributed by atoms with Crippen LogP contribution in [0.25, 0.3) is 0 Å². The molecule has 1 fully saturated rings. The lowest BCUT2D eigenvalue weighted by Crippen LogP contribution is -2.41. The zero-order valence-corrected chi connectivity index (χ0v) is 11.4. The standard InChI is InChI=1S/C13H24N4O/c1-16-10-11(9-15-16)13-12(14)5-3-4-6-17(13)7-8-18-2/h9-10,12-13H,3-8,14H2,1-2H3. The molecule has 5 heteroatoms. The maximum Gasteiger partial charge on any atom is 0.0589 e. The second-order valence-electron chi connectivity index (χ2n) is 5.08. The van der Waals surface area contributed by atoms with E-state index in [2.05, 4.69) is 16.2 Å². The third kappa shape index (κ3) is 3.10. The van der Waals surface area contributed by atoms with Gasteiger partial charge in [-0.05, 0) is 19.4 Å². The molecule has 0 radical (unpaired) electrons. The predicted molar refractivity (Wildman–Crippen MR) is 71.2 cm³/mol. The van der Waals surface area contributed by atoms with Crippen molar-refractivity contribution in [3.05, 3.63) is 18.0 Å². The highest BCUT2D eigenvalue weighted by molar-refractivity contribution is 5.14. The minimum absolute atomic E-state index is 0.188. The Morgan fingerprint density at radius 1 is 1.50 bits per heavy atom. The summed E-state index contributed by atoms with van der Waals surface area (Å²) in [5.74, 6) is 0. The third-order valence-electron chi connectivity index (χ3n) is 3.68. The van der Waals surface area contributed by atoms with Gasteiger partial charge < -0.3 is 10.5 Å². The van der Waals surface area contributed by atoms with Crippen molar-refractivity contribution in [2.75, 3.05) is 26.8 Å². The van der Waals surface area contributed by atoms with Crippen LogP contribution in [0.4, 0.5) is 0 Å². The Morgan fingerprint density at radius 3 is 3.00 bits per heavy atom. The van der Waals surface area contributed by atoms with E-state index in [-0.39, 0.29) is 12.1 Å². The van der Waals surface area contributed by atoms with Crippen LogP contribution in [0, 0.1) is 0 Å². The van der Waals surface area contributed by atoms with Crippen molar-refractivity contribution < 1.29 is 4.74 Å². The fourth-order valence-corrected chi connectivity index (χ4v) is 2.77. The van der Waals surface area contributed by atoms with Gasteiger partial charge in [-0.2, -0.15) is 5.10 Å². The SMILES string of the molecule is COCCN1CCCCC(N)C1c1cnn(C)c1. The van der Waals surface area contributed by atoms with E-state index in [1.54, 1.807) is 7.11 Å². The van der Waals surface area contributed by atoms with E-state index >= 15 is 0 Å². The summed E-state index contributed by atoms with van der Waals surface area (Å²) in [6.07, 6.45) is 7.53. The lowest BCUT2D eigenvalue weighted by molar-refractivity contribution is 0.115. The molecule has 5 nitrogen and oxygen atoms in total. The van der Waals surface area contributed by atoms with Crippen molar-refractivity contribution in [2.45, 2.75) is 31.3 Å². The van der Waals surface area contributed by atoms with Crippen molar-refractivity contribution >= 4 is 0 Å². The van der Waals surface area contributed by atoms with Crippen LogP contribution < -0.4 is 5.73 Å². The van der Waals surface area contributed by atoms with Gasteiger partial charge in [-0.25, -0.2) is 0 Å². The second-order valence-corrected chi connectivity index (χ2v) is 5.08. The Balaban J connectivity index is 2.17. The summed E-state index contributed by atoms with van der Waals surface area (Å²) in [5, 5.41) is 4.27. The number of methoxy groups -OCH3 is 1. The molecule has 1 saturated heterocycles. The van der Waals surface area contributed by atoms with Crippen LogP contribution in [-0.2, 0) is 11.8 Å². The molecule has 1 aromatic heterocycles. The molecule has 0 aromatic carbocycles. The first kappa shape index (κ1) is 13.5. The molecule has 2 atom stereocenters. The molecule has 2 N–H and O–H groups in total. The van der Waals surface area contributed by atoms with Crippen molar-refractivity contribution in [3.63, 3.8) is 0 Å². The third-order valence-corrected chi connectivity index (χ3v) is 3.68. The van der Waals surface area contributed by atoms with Gasteiger partial charge in [0, 0.05) is 38.5 Å². The van der Waals surface area contributed by atoms with Gasteiger partial charge in [0.25, 0.3) is 0 Å². The van der Waals surface area contributed by atoms with Gasteiger partial charge in [0.1, 0.15) is 0 Å². The number of hydrogen-bond donors (Lipinski definition) is 1. The van der Waals surface area contributed by atoms with Crippen LogP contribution in [0.15, 0.2) is 12.4 Å². The lowest BCUT2D eigenvalue weighted by Gasteiger charge is -2.32. The van der Waals surface area contributed by atoms with E-state index in [1.807, 2.05) is 17.9 Å². The lowest BCUT2D eigenvalue weighted by atomic mass is 9.99. The average Bonchev–Trinajstić information content (AvgIpc) is 2.68. The van der Waals surface area contributed by atoms with Gasteiger partial charge in [-0.1, -0.05) is 6.42 Å². The first-order valence-corrected chi connectivity index (χ1v) is 6.69. The summed E-state index contributed by atoms with van der Waals surface area (Å²) in [6, 6.07) is 0.463. The summed E-state index contributed by atoms with van der Waals surface area (Å²) in [6.45, 7) is 2.78. The minimum atomic E-state index is 0.188. The molecule has 102 valence electrons. The Labute approximate surface area is 109 Å². The van der Waals surface area contributed by atoms with E-state index in [4.69, 9.17) is 10.5 Å². The van der Waals surface area contributed by atoms with Gasteiger partial charge in [0.2, 0.25) is 0 Å². The molecule has 0 bridgehead atoms. The van der Waals surface area contributed by atoms with E-state index in [0.717, 1.165) is 26.1 Å². The molecule has 0 amide bonds. The number of aryl methyl sites for hydroxylation is 1. The van der Waals surface area contributed by atoms with Gasteiger partial charge in [-0.3, -0.25) is 9.58 Å². The number of hydrogen-bond acceptors (Lipinski definition) is 4. The highest BCUT2D eigenvalue weighted by atomic mass is 16.5. The van der Waals surface area contributed by atoms with Crippen LogP contribution in [-0.4, -0.2) is 47.5 Å². The van der Waals surface area contributed by atoms with Crippen LogP contribution >= 0.6 is 0 Å². The van der Waals surface area contributed by atoms with Gasteiger partial charge >= 0.3 is 0 Å². The quantitative estimate of drug-likeness (QED) is 0.866. The molecule has 2 heterocycles. The Morgan fingerprint density at radius 2 is 2.33 bits per heavy atom. The summed E-state index contributed by atoms with van der Waals surface area (Å²) >= 11 is 0. The molecule has 2 unspecified atom stereocenters. The maximum atomic E-state index is 6.36. The van der Waals surface area contributed by atoms with Crippen molar-refractivity contribution in [2.24, 2.45) is 12.8 Å². The highest BCUT2D eigenvalue weighted by Gasteiger charge is 2.29. The molecule has 0 spiro atoms. The monoisotopic (exact) mass is 252 g/mol. The van der Waals surface area contributed by atoms with E-state index in [1.165, 1.54) is 18.4 Å². The van der Waals surface area contributed by atoms with E-state index in [0.29, 0.717) is 0 Å². The molecule has 1 aliphatic heterocycles. The Hall–Kier alpha value is -0.910. The summed E-state index contributed by atoms with van der Waals surface area (Å²) in [4.78, 5) is 2.44. The van der Waals surface area contributed by atoms with E-state index < -0.39 is 0 Å². The second kappa shape index (κ2) is 6.31. The first-order chi connectivity index (χ1) is 8.72. The van der Waals surface area contributed by atoms with Crippen LogP contribution in [0.5, 0.6) is 0 Å². The summed E-state index contributed by atoms with van der Waals surface area (Å²) in [5.41, 5.74) is 7.59. The zero-order valence-electron chi connectivity index (χ0n) is 11.4. The smallest absolute Gasteiger partial charge is 0.0589 e. The number of ether oxygens (including phenoxy) is 1. The zero-order chi connectivity index (χ0) is 13.0. The molecule has 18 heavy (non-hydrogen) atoms. The summed E-state index contributed by atoms with van der Waals surface area (Å²) < 4.78 is 7.06. The Kier molecular flexibility index (Phi) is 4.74. The van der Waals surface area contributed by atoms with Crippen LogP contribution in [0.2, 0.25) is 0 Å². The fraction of sp³-hybridized carbons (Fsp3) is 0.769. The minimum Gasteiger partial charge on any atom is -0.383 e. The topological polar surface area (TPSA) is 56.3 Å². The number of nitrogens with two attached hydrogens (primary N) is 1. The average molecular weight is 252 g/mol. The molecule has 0 saturated carbocycles. The Bertz CT molecular complexity index is 366.